The molecule has 146 valence electrons. The Labute approximate surface area is 182 Å². The highest BCUT2D eigenvalue weighted by molar-refractivity contribution is 14.1. The maximum atomic E-state index is 12.7. The number of fused-ring (bicyclic) bond motifs is 2. The van der Waals surface area contributed by atoms with Gasteiger partial charge in [-0.15, -0.1) is 0 Å². The smallest absolute Gasteiger partial charge is 0.324 e. The monoisotopic (exact) mass is 544 g/mol. The second-order valence-corrected chi connectivity index (χ2v) is 9.58. The fourth-order valence-electron chi connectivity index (χ4n) is 4.82. The molecule has 1 aliphatic heterocycles. The van der Waals surface area contributed by atoms with E-state index in [2.05, 4.69) is 68.0 Å². The number of hydrogen-bond donors (Lipinski definition) is 1. The van der Waals surface area contributed by atoms with Gasteiger partial charge in [-0.3, -0.25) is 0 Å². The van der Waals surface area contributed by atoms with Crippen LogP contribution in [-0.4, -0.2) is 53.2 Å². The van der Waals surface area contributed by atoms with Gasteiger partial charge < -0.3 is 9.80 Å². The summed E-state index contributed by atoms with van der Waals surface area (Å²) in [5.41, 5.74) is 7.00. The van der Waals surface area contributed by atoms with Crippen molar-refractivity contribution in [3.8, 4) is 0 Å². The molecule has 5 nitrogen and oxygen atoms in total. The first kappa shape index (κ1) is 19.5. The number of likely N-dealkylation sites (N-methyl/N-ethyl adjacent to an activating group) is 1. The van der Waals surface area contributed by atoms with Gasteiger partial charge >= 0.3 is 6.03 Å². The molecule has 2 atom stereocenters. The van der Waals surface area contributed by atoms with Crippen LogP contribution in [0.2, 0.25) is 0 Å². The maximum Gasteiger partial charge on any atom is 0.336 e. The summed E-state index contributed by atoms with van der Waals surface area (Å²) in [5.74, 6) is 0.578. The predicted octanol–water partition coefficient (Wildman–Crippen LogP) is 4.75. The number of hydrogen-bond acceptors (Lipinski definition) is 2. The van der Waals surface area contributed by atoms with Gasteiger partial charge in [-0.2, -0.15) is 0 Å². The Kier molecular flexibility index (Phi) is 5.46. The molecule has 1 N–H and O–H groups in total. The molecule has 0 spiro atoms. The number of urea groups is 1. The minimum absolute atomic E-state index is 0.0571. The fraction of sp³-hybridized carbons (Fsp3) is 0.550. The van der Waals surface area contributed by atoms with Gasteiger partial charge in [-0.1, -0.05) is 0 Å². The molecule has 0 bridgehead atoms. The molecule has 0 saturated carbocycles. The van der Waals surface area contributed by atoms with Gasteiger partial charge in [0.15, 0.2) is 0 Å². The molecular weight excluding hydrogens is 519 g/mol. The molecule has 2 heterocycles. The topological polar surface area (TPSA) is 40.5 Å². The first-order valence-electron chi connectivity index (χ1n) is 9.74. The van der Waals surface area contributed by atoms with E-state index in [1.807, 2.05) is 18.5 Å². The van der Waals surface area contributed by atoms with Crippen LogP contribution in [0.25, 0.3) is 10.9 Å². The molecule has 27 heavy (non-hydrogen) atoms. The summed E-state index contributed by atoms with van der Waals surface area (Å²) in [6.45, 7) is 6.58. The lowest BCUT2D eigenvalue weighted by atomic mass is 9.75. The van der Waals surface area contributed by atoms with E-state index in [0.29, 0.717) is 25.0 Å². The summed E-state index contributed by atoms with van der Waals surface area (Å²) in [6, 6.07) is 5.02. The number of carbonyl (C=O) groups is 1. The van der Waals surface area contributed by atoms with Crippen molar-refractivity contribution in [2.24, 2.45) is 0 Å². The van der Waals surface area contributed by atoms with E-state index < -0.39 is 0 Å². The Morgan fingerprint density at radius 1 is 1.37 bits per heavy atom. The van der Waals surface area contributed by atoms with Crippen LogP contribution in [0.4, 0.5) is 4.79 Å². The predicted molar refractivity (Wildman–Crippen MR) is 122 cm³/mol. The third-order valence-electron chi connectivity index (χ3n) is 6.23. The van der Waals surface area contributed by atoms with Gasteiger partial charge in [-0.25, -0.2) is 14.9 Å². The van der Waals surface area contributed by atoms with Crippen molar-refractivity contribution >= 4 is 55.5 Å². The Hall–Kier alpha value is -0.800. The van der Waals surface area contributed by atoms with Gasteiger partial charge in [0.05, 0.1) is 5.52 Å². The Morgan fingerprint density at radius 3 is 2.81 bits per heavy atom. The average Bonchev–Trinajstić information content (AvgIpc) is 2.90. The zero-order valence-electron chi connectivity index (χ0n) is 16.1. The van der Waals surface area contributed by atoms with Crippen LogP contribution in [0.1, 0.15) is 43.7 Å². The van der Waals surface area contributed by atoms with Crippen LogP contribution in [0.5, 0.6) is 0 Å². The van der Waals surface area contributed by atoms with Gasteiger partial charge in [0.2, 0.25) is 0 Å². The molecule has 2 amide bonds. The molecule has 1 saturated heterocycles. The maximum absolute atomic E-state index is 12.7. The minimum atomic E-state index is -0.0571. The number of nitrogens with zero attached hydrogens (tertiary/aromatic N) is 3. The van der Waals surface area contributed by atoms with Crippen LogP contribution in [0.15, 0.2) is 16.7 Å². The molecule has 4 rings (SSSR count). The molecule has 1 fully saturated rings. The Morgan fingerprint density at radius 2 is 2.11 bits per heavy atom. The highest BCUT2D eigenvalue weighted by atomic mass is 127. The van der Waals surface area contributed by atoms with E-state index in [1.54, 1.807) is 4.90 Å². The van der Waals surface area contributed by atoms with Crippen molar-refractivity contribution in [3.63, 3.8) is 0 Å². The summed E-state index contributed by atoms with van der Waals surface area (Å²) >= 11 is 6.22. The van der Waals surface area contributed by atoms with Crippen LogP contribution >= 0.6 is 38.5 Å². The van der Waals surface area contributed by atoms with Gasteiger partial charge in [0, 0.05) is 34.0 Å². The van der Waals surface area contributed by atoms with Crippen LogP contribution in [0, 0.1) is 3.57 Å². The van der Waals surface area contributed by atoms with Crippen LogP contribution in [-0.2, 0) is 6.42 Å². The summed E-state index contributed by atoms with van der Waals surface area (Å²) in [5, 5.41) is 1.33. The van der Waals surface area contributed by atoms with Crippen molar-refractivity contribution < 1.29 is 4.79 Å². The van der Waals surface area contributed by atoms with Crippen molar-refractivity contribution in [2.75, 3.05) is 32.1 Å². The van der Waals surface area contributed by atoms with Crippen molar-refractivity contribution in [3.05, 3.63) is 31.4 Å². The largest absolute Gasteiger partial charge is 0.336 e. The molecule has 1 aromatic carbocycles. The Bertz CT molecular complexity index is 892. The zero-order chi connectivity index (χ0) is 19.3. The highest BCUT2D eigenvalue weighted by Crippen LogP contribution is 2.46. The van der Waals surface area contributed by atoms with Gasteiger partial charge in [0.1, 0.15) is 4.60 Å². The Balaban J connectivity index is 1.85. The van der Waals surface area contributed by atoms with E-state index >= 15 is 0 Å². The number of piperidine rings is 1. The summed E-state index contributed by atoms with van der Waals surface area (Å²) in [4.78, 5) is 17.0. The average molecular weight is 545 g/mol. The number of aromatic nitrogens is 1. The van der Waals surface area contributed by atoms with Crippen molar-refractivity contribution in [1.82, 2.24) is 14.5 Å². The lowest BCUT2D eigenvalue weighted by molar-refractivity contribution is 0.157. The SMILES string of the molecule is CCN(CC)C(=O)Nn1c(Br)c2c3c(cc(I)cc31)[C@H]1CCCN(C)[C@@H]1C2. The molecular formula is C20H26BrIN4O. The van der Waals surface area contributed by atoms with E-state index in [1.165, 1.54) is 39.5 Å². The third-order valence-corrected chi connectivity index (χ3v) is 7.68. The van der Waals surface area contributed by atoms with Gasteiger partial charge in [0.25, 0.3) is 0 Å². The summed E-state index contributed by atoms with van der Waals surface area (Å²) in [6.07, 6.45) is 3.53. The quantitative estimate of drug-likeness (QED) is 0.567. The fourth-order valence-corrected chi connectivity index (χ4v) is 6.09. The zero-order valence-corrected chi connectivity index (χ0v) is 19.8. The lowest BCUT2D eigenvalue weighted by Crippen LogP contribution is -2.44. The van der Waals surface area contributed by atoms with E-state index in [4.69, 9.17) is 0 Å². The first-order valence-corrected chi connectivity index (χ1v) is 11.6. The normalized spacial score (nSPS) is 22.0. The van der Waals surface area contributed by atoms with Crippen LogP contribution in [0.3, 0.4) is 0 Å². The number of nitrogens with one attached hydrogen (secondary N) is 1. The van der Waals surface area contributed by atoms with Gasteiger partial charge in [-0.05, 0) is 108 Å². The molecule has 2 aromatic rings. The third kappa shape index (κ3) is 3.19. The molecule has 1 aliphatic carbocycles. The van der Waals surface area contributed by atoms with E-state index in [-0.39, 0.29) is 6.03 Å². The van der Waals surface area contributed by atoms with Crippen molar-refractivity contribution in [1.29, 1.82) is 0 Å². The van der Waals surface area contributed by atoms with E-state index in [0.717, 1.165) is 16.5 Å². The number of benzene rings is 1. The lowest BCUT2D eigenvalue weighted by Gasteiger charge is -2.42. The molecule has 7 heteroatoms. The standard InChI is InChI=1S/C20H26BrIN4O/c1-4-25(5-2)20(27)23-26-17-10-12(22)9-14-13-7-6-8-24(3)16(13)11-15(18(14)17)19(26)21/h9-10,13,16H,4-8,11H2,1-3H3,(H,23,27)/t13-,16-/m1/s1. The number of rotatable bonds is 3. The molecule has 2 aliphatic rings. The molecule has 0 unspecified atom stereocenters. The molecule has 1 aromatic heterocycles. The second-order valence-electron chi connectivity index (χ2n) is 7.58. The minimum Gasteiger partial charge on any atom is -0.324 e. The highest BCUT2D eigenvalue weighted by Gasteiger charge is 2.38. The summed E-state index contributed by atoms with van der Waals surface area (Å²) < 4.78 is 4.16. The number of carbonyl (C=O) groups excluding carboxylic acids is 1. The number of halogens is 2. The number of likely N-dealkylation sites (tertiary alicyclic amines) is 1. The second kappa shape index (κ2) is 7.55. The number of amides is 2. The van der Waals surface area contributed by atoms with Crippen LogP contribution < -0.4 is 5.43 Å². The summed E-state index contributed by atoms with van der Waals surface area (Å²) in [7, 11) is 2.25. The molecule has 0 radical (unpaired) electrons. The van der Waals surface area contributed by atoms with Crippen molar-refractivity contribution in [2.45, 2.75) is 45.1 Å². The first-order chi connectivity index (χ1) is 13.0. The van der Waals surface area contributed by atoms with E-state index in [9.17, 15) is 4.79 Å².